The van der Waals surface area contributed by atoms with Gasteiger partial charge in [-0.3, -0.25) is 14.9 Å². The summed E-state index contributed by atoms with van der Waals surface area (Å²) in [6.07, 6.45) is 0.384. The Morgan fingerprint density at radius 2 is 1.49 bits per heavy atom. The molecule has 1 fully saturated rings. The standard InChI is InChI=1S/C28H26N2O5/c1-30(20-14-18(15-20)27(32)33)26(31)17-10-12-19(13-11-17)29-28(34)35-16-25-23-8-4-2-6-21(23)22-7-3-5-9-24(22)25/h2-13,18,20,25H,14-16H2,1H3,(H,29,34)(H,32,33). The third-order valence-electron chi connectivity index (χ3n) is 7.05. The van der Waals surface area contributed by atoms with Crippen molar-refractivity contribution >= 4 is 23.7 Å². The highest BCUT2D eigenvalue weighted by Gasteiger charge is 2.38. The molecule has 0 spiro atoms. The molecule has 3 aromatic carbocycles. The summed E-state index contributed by atoms with van der Waals surface area (Å²) in [4.78, 5) is 37.8. The first-order chi connectivity index (χ1) is 16.9. The lowest BCUT2D eigenvalue weighted by atomic mass is 9.79. The molecule has 0 bridgehead atoms. The number of nitrogens with zero attached hydrogens (tertiary/aromatic N) is 1. The summed E-state index contributed by atoms with van der Waals surface area (Å²) in [6, 6.07) is 22.9. The van der Waals surface area contributed by atoms with Gasteiger partial charge in [0.2, 0.25) is 0 Å². The van der Waals surface area contributed by atoms with E-state index in [1.165, 1.54) is 11.1 Å². The monoisotopic (exact) mass is 470 g/mol. The zero-order valence-corrected chi connectivity index (χ0v) is 19.3. The number of ether oxygens (including phenoxy) is 1. The number of benzene rings is 3. The minimum Gasteiger partial charge on any atom is -0.481 e. The first-order valence-electron chi connectivity index (χ1n) is 11.6. The van der Waals surface area contributed by atoms with Crippen molar-refractivity contribution in [3.8, 4) is 11.1 Å². The van der Waals surface area contributed by atoms with E-state index in [2.05, 4.69) is 29.6 Å². The Morgan fingerprint density at radius 1 is 0.914 bits per heavy atom. The molecule has 0 aliphatic heterocycles. The Morgan fingerprint density at radius 3 is 2.06 bits per heavy atom. The molecule has 2 aliphatic carbocycles. The van der Waals surface area contributed by atoms with Gasteiger partial charge in [-0.25, -0.2) is 4.79 Å². The van der Waals surface area contributed by atoms with E-state index < -0.39 is 12.1 Å². The maximum Gasteiger partial charge on any atom is 0.411 e. The van der Waals surface area contributed by atoms with E-state index >= 15 is 0 Å². The summed E-state index contributed by atoms with van der Waals surface area (Å²) >= 11 is 0. The second kappa shape index (κ2) is 9.25. The Bertz CT molecular complexity index is 1240. The number of carbonyl (C=O) groups excluding carboxylic acids is 2. The molecule has 1 saturated carbocycles. The van der Waals surface area contributed by atoms with Crippen LogP contribution < -0.4 is 5.32 Å². The van der Waals surface area contributed by atoms with Crippen molar-refractivity contribution in [2.75, 3.05) is 19.0 Å². The number of fused-ring (bicyclic) bond motifs is 3. The van der Waals surface area contributed by atoms with Gasteiger partial charge in [-0.1, -0.05) is 48.5 Å². The molecule has 2 N–H and O–H groups in total. The molecule has 178 valence electrons. The van der Waals surface area contributed by atoms with Crippen LogP contribution >= 0.6 is 0 Å². The minimum absolute atomic E-state index is 0.0177. The van der Waals surface area contributed by atoms with Crippen LogP contribution in [0.2, 0.25) is 0 Å². The lowest BCUT2D eigenvalue weighted by Crippen LogP contribution is -2.47. The van der Waals surface area contributed by atoms with Crippen LogP contribution in [0.1, 0.15) is 40.2 Å². The van der Waals surface area contributed by atoms with Gasteiger partial charge in [0.15, 0.2) is 0 Å². The topological polar surface area (TPSA) is 95.9 Å². The largest absolute Gasteiger partial charge is 0.481 e. The van der Waals surface area contributed by atoms with Gasteiger partial charge in [-0.2, -0.15) is 0 Å². The van der Waals surface area contributed by atoms with Gasteiger partial charge in [-0.05, 0) is 59.4 Å². The maximum absolute atomic E-state index is 12.7. The normalized spacial score (nSPS) is 18.1. The van der Waals surface area contributed by atoms with E-state index in [1.807, 2.05) is 24.3 Å². The number of amides is 2. The average molecular weight is 471 g/mol. The average Bonchev–Trinajstić information content (AvgIpc) is 3.15. The van der Waals surface area contributed by atoms with Gasteiger partial charge in [0.1, 0.15) is 6.61 Å². The van der Waals surface area contributed by atoms with E-state index in [1.54, 1.807) is 36.2 Å². The summed E-state index contributed by atoms with van der Waals surface area (Å²) in [5.41, 5.74) is 5.63. The zero-order valence-electron chi connectivity index (χ0n) is 19.3. The van der Waals surface area contributed by atoms with Crippen LogP contribution in [0.25, 0.3) is 11.1 Å². The van der Waals surface area contributed by atoms with E-state index in [-0.39, 0.29) is 30.4 Å². The summed E-state index contributed by atoms with van der Waals surface area (Å²) in [5.74, 6) is -1.38. The van der Waals surface area contributed by atoms with Crippen LogP contribution in [0.5, 0.6) is 0 Å². The molecule has 0 atom stereocenters. The second-order valence-corrected chi connectivity index (χ2v) is 9.10. The number of carbonyl (C=O) groups is 3. The zero-order chi connectivity index (χ0) is 24.5. The van der Waals surface area contributed by atoms with Crippen molar-refractivity contribution in [1.82, 2.24) is 4.90 Å². The fraction of sp³-hybridized carbons (Fsp3) is 0.250. The van der Waals surface area contributed by atoms with Gasteiger partial charge in [-0.15, -0.1) is 0 Å². The lowest BCUT2D eigenvalue weighted by Gasteiger charge is -2.39. The first kappa shape index (κ1) is 22.7. The molecular weight excluding hydrogens is 444 g/mol. The fourth-order valence-corrected chi connectivity index (χ4v) is 4.92. The molecule has 35 heavy (non-hydrogen) atoms. The predicted molar refractivity (Wildman–Crippen MR) is 131 cm³/mol. The molecule has 0 heterocycles. The molecule has 0 unspecified atom stereocenters. The maximum atomic E-state index is 12.7. The van der Waals surface area contributed by atoms with Crippen LogP contribution in [0.15, 0.2) is 72.8 Å². The Kier molecular flexibility index (Phi) is 5.99. The smallest absolute Gasteiger partial charge is 0.411 e. The van der Waals surface area contributed by atoms with Crippen molar-refractivity contribution in [3.63, 3.8) is 0 Å². The van der Waals surface area contributed by atoms with Gasteiger partial charge in [0.25, 0.3) is 5.91 Å². The number of hydrogen-bond acceptors (Lipinski definition) is 4. The SMILES string of the molecule is CN(C(=O)c1ccc(NC(=O)OCC2c3ccccc3-c3ccccc32)cc1)C1CC(C(=O)O)C1. The van der Waals surface area contributed by atoms with E-state index in [4.69, 9.17) is 9.84 Å². The van der Waals surface area contributed by atoms with Gasteiger partial charge in [0, 0.05) is 30.3 Å². The van der Waals surface area contributed by atoms with Crippen molar-refractivity contribution < 1.29 is 24.2 Å². The quantitative estimate of drug-likeness (QED) is 0.530. The van der Waals surface area contributed by atoms with Crippen molar-refractivity contribution in [2.45, 2.75) is 24.8 Å². The number of anilines is 1. The summed E-state index contributed by atoms with van der Waals surface area (Å²) in [7, 11) is 1.69. The highest BCUT2D eigenvalue weighted by atomic mass is 16.5. The Labute approximate surface area is 203 Å². The Balaban J connectivity index is 1.17. The molecule has 7 nitrogen and oxygen atoms in total. The van der Waals surface area contributed by atoms with E-state index in [0.29, 0.717) is 24.1 Å². The molecular formula is C28H26N2O5. The fourth-order valence-electron chi connectivity index (χ4n) is 4.92. The third-order valence-corrected chi connectivity index (χ3v) is 7.05. The number of aliphatic carboxylic acids is 1. The number of carboxylic acid groups (broad SMARTS) is 1. The lowest BCUT2D eigenvalue weighted by molar-refractivity contribution is -0.146. The van der Waals surface area contributed by atoms with Crippen molar-refractivity contribution in [3.05, 3.63) is 89.5 Å². The van der Waals surface area contributed by atoms with Crippen molar-refractivity contribution in [1.29, 1.82) is 0 Å². The molecule has 0 radical (unpaired) electrons. The molecule has 0 aromatic heterocycles. The third kappa shape index (κ3) is 4.37. The molecule has 3 aromatic rings. The van der Waals surface area contributed by atoms with Crippen LogP contribution in [0.4, 0.5) is 10.5 Å². The van der Waals surface area contributed by atoms with Crippen LogP contribution in [0.3, 0.4) is 0 Å². The van der Waals surface area contributed by atoms with Crippen LogP contribution in [-0.2, 0) is 9.53 Å². The van der Waals surface area contributed by atoms with Crippen LogP contribution in [0, 0.1) is 5.92 Å². The highest BCUT2D eigenvalue weighted by Crippen LogP contribution is 2.44. The molecule has 5 rings (SSSR count). The van der Waals surface area contributed by atoms with E-state index in [9.17, 15) is 14.4 Å². The predicted octanol–water partition coefficient (Wildman–Crippen LogP) is 4.98. The molecule has 0 saturated heterocycles. The Hall–Kier alpha value is -4.13. The first-order valence-corrected chi connectivity index (χ1v) is 11.6. The molecule has 2 amide bonds. The number of nitrogens with one attached hydrogen (secondary N) is 1. The second-order valence-electron chi connectivity index (χ2n) is 9.10. The highest BCUT2D eigenvalue weighted by molar-refractivity contribution is 5.95. The van der Waals surface area contributed by atoms with Gasteiger partial charge in [0.05, 0.1) is 5.92 Å². The summed E-state index contributed by atoms with van der Waals surface area (Å²) in [5, 5.41) is 11.8. The summed E-state index contributed by atoms with van der Waals surface area (Å²) in [6.45, 7) is 0.222. The van der Waals surface area contributed by atoms with Crippen LogP contribution in [-0.4, -0.2) is 47.7 Å². The number of hydrogen-bond donors (Lipinski definition) is 2. The summed E-state index contributed by atoms with van der Waals surface area (Å²) < 4.78 is 5.57. The minimum atomic E-state index is -0.814. The number of rotatable bonds is 6. The van der Waals surface area contributed by atoms with E-state index in [0.717, 1.165) is 11.1 Å². The molecule has 2 aliphatic rings. The molecule has 7 heteroatoms. The van der Waals surface area contributed by atoms with Gasteiger partial charge >= 0.3 is 12.1 Å². The number of carboxylic acids is 1. The van der Waals surface area contributed by atoms with Gasteiger partial charge < -0.3 is 14.7 Å². The van der Waals surface area contributed by atoms with Crippen molar-refractivity contribution in [2.24, 2.45) is 5.92 Å².